The van der Waals surface area contributed by atoms with E-state index in [1.807, 2.05) is 22.9 Å². The Morgan fingerprint density at radius 2 is 1.86 bits per heavy atom. The summed E-state index contributed by atoms with van der Waals surface area (Å²) in [7, 11) is 0. The zero-order valence-corrected chi connectivity index (χ0v) is 15.4. The minimum absolute atomic E-state index is 0.967. The third-order valence-electron chi connectivity index (χ3n) is 3.85. The topological polar surface area (TPSA) is 29.9 Å². The van der Waals surface area contributed by atoms with Crippen LogP contribution < -0.4 is 5.32 Å². The Bertz CT molecular complexity index is 840. The molecule has 110 valence electrons. The number of hydrogen-bond acceptors (Lipinski definition) is 2. The van der Waals surface area contributed by atoms with Gasteiger partial charge in [0, 0.05) is 25.7 Å². The summed E-state index contributed by atoms with van der Waals surface area (Å²) in [4.78, 5) is 0. The van der Waals surface area contributed by atoms with Crippen LogP contribution >= 0.6 is 38.5 Å². The number of anilines is 1. The zero-order valence-electron chi connectivity index (χ0n) is 11.7. The Kier molecular flexibility index (Phi) is 3.69. The number of benzene rings is 2. The number of fused-ring (bicyclic) bond motifs is 1. The fourth-order valence-corrected chi connectivity index (χ4v) is 3.62. The predicted molar refractivity (Wildman–Crippen MR) is 102 cm³/mol. The van der Waals surface area contributed by atoms with Crippen LogP contribution in [0.15, 0.2) is 53.0 Å². The molecular formula is C17H13BrIN3. The average molecular weight is 466 g/mol. The first kappa shape index (κ1) is 14.3. The summed E-state index contributed by atoms with van der Waals surface area (Å²) < 4.78 is 4.30. The Hall–Kier alpha value is -1.34. The smallest absolute Gasteiger partial charge is 0.133 e. The molecule has 0 spiro atoms. The van der Waals surface area contributed by atoms with Crippen LogP contribution in [0.1, 0.15) is 5.56 Å². The first-order valence-electron chi connectivity index (χ1n) is 7.10. The van der Waals surface area contributed by atoms with Gasteiger partial charge in [-0.2, -0.15) is 5.10 Å². The highest BCUT2D eigenvalue weighted by Crippen LogP contribution is 2.36. The first-order chi connectivity index (χ1) is 10.7. The lowest BCUT2D eigenvalue weighted by molar-refractivity contribution is 0.878. The monoisotopic (exact) mass is 465 g/mol. The van der Waals surface area contributed by atoms with E-state index in [4.69, 9.17) is 5.10 Å². The van der Waals surface area contributed by atoms with E-state index in [9.17, 15) is 0 Å². The lowest BCUT2D eigenvalue weighted by Gasteiger charge is -2.08. The van der Waals surface area contributed by atoms with Gasteiger partial charge in [0.05, 0.1) is 11.4 Å². The van der Waals surface area contributed by atoms with E-state index in [1.165, 1.54) is 14.7 Å². The van der Waals surface area contributed by atoms with Crippen molar-refractivity contribution < 1.29 is 0 Å². The van der Waals surface area contributed by atoms with E-state index in [2.05, 4.69) is 74.2 Å². The highest BCUT2D eigenvalue weighted by atomic mass is 127. The number of aromatic nitrogens is 2. The molecule has 1 N–H and O–H groups in total. The van der Waals surface area contributed by atoms with Crippen LogP contribution in [0.5, 0.6) is 0 Å². The Morgan fingerprint density at radius 3 is 2.64 bits per heavy atom. The van der Waals surface area contributed by atoms with Gasteiger partial charge >= 0.3 is 0 Å². The second kappa shape index (κ2) is 5.70. The molecule has 0 fully saturated rings. The van der Waals surface area contributed by atoms with Gasteiger partial charge in [0.1, 0.15) is 5.82 Å². The molecule has 0 saturated heterocycles. The lowest BCUT2D eigenvalue weighted by Crippen LogP contribution is -2.04. The highest BCUT2D eigenvalue weighted by Gasteiger charge is 2.24. The van der Waals surface area contributed by atoms with Crippen LogP contribution in [0.2, 0.25) is 0 Å². The van der Waals surface area contributed by atoms with E-state index in [-0.39, 0.29) is 0 Å². The standard InChI is InChI=1S/C17H13BrIN3/c18-14-3-1-2-4-15(14)22-17-13(9-10-20-17)16(21-22)11-5-7-12(19)8-6-11/h1-8,20H,9-10H2. The highest BCUT2D eigenvalue weighted by molar-refractivity contribution is 14.1. The molecule has 0 atom stereocenters. The summed E-state index contributed by atoms with van der Waals surface area (Å²) in [6, 6.07) is 16.7. The maximum atomic E-state index is 4.88. The lowest BCUT2D eigenvalue weighted by atomic mass is 10.1. The Balaban J connectivity index is 1.90. The molecule has 1 aliphatic rings. The van der Waals surface area contributed by atoms with E-state index in [0.29, 0.717) is 0 Å². The molecule has 3 nitrogen and oxygen atoms in total. The van der Waals surface area contributed by atoms with Crippen LogP contribution in [0.25, 0.3) is 16.9 Å². The van der Waals surface area contributed by atoms with Gasteiger partial charge in [0.25, 0.3) is 0 Å². The van der Waals surface area contributed by atoms with E-state index in [0.717, 1.165) is 34.6 Å². The van der Waals surface area contributed by atoms with Crippen LogP contribution in [-0.4, -0.2) is 16.3 Å². The van der Waals surface area contributed by atoms with Crippen molar-refractivity contribution in [3.8, 4) is 16.9 Å². The molecule has 0 radical (unpaired) electrons. The Labute approximate surface area is 151 Å². The van der Waals surface area contributed by atoms with E-state index < -0.39 is 0 Å². The van der Waals surface area contributed by atoms with Crippen molar-refractivity contribution in [1.29, 1.82) is 0 Å². The molecule has 22 heavy (non-hydrogen) atoms. The third-order valence-corrected chi connectivity index (χ3v) is 5.24. The molecule has 0 saturated carbocycles. The maximum Gasteiger partial charge on any atom is 0.133 e. The third kappa shape index (κ3) is 2.36. The van der Waals surface area contributed by atoms with Crippen molar-refractivity contribution in [3.05, 3.63) is 62.1 Å². The van der Waals surface area contributed by atoms with Crippen LogP contribution in [-0.2, 0) is 6.42 Å². The average Bonchev–Trinajstić information content (AvgIpc) is 3.11. The van der Waals surface area contributed by atoms with Gasteiger partial charge in [-0.15, -0.1) is 0 Å². The Morgan fingerprint density at radius 1 is 1.09 bits per heavy atom. The number of hydrogen-bond donors (Lipinski definition) is 1. The molecular weight excluding hydrogens is 453 g/mol. The summed E-state index contributed by atoms with van der Waals surface area (Å²) >= 11 is 5.95. The van der Waals surface area contributed by atoms with Gasteiger partial charge in [-0.25, -0.2) is 4.68 Å². The zero-order chi connectivity index (χ0) is 15.1. The molecule has 0 aliphatic carbocycles. The summed E-state index contributed by atoms with van der Waals surface area (Å²) in [5.74, 6) is 1.11. The van der Waals surface area contributed by atoms with Gasteiger partial charge in [0.15, 0.2) is 0 Å². The van der Waals surface area contributed by atoms with Crippen molar-refractivity contribution >= 4 is 44.3 Å². The SMILES string of the molecule is Brc1ccccc1-n1nc(-c2ccc(I)cc2)c2c1NCC2. The second-order valence-corrected chi connectivity index (χ2v) is 7.32. The largest absolute Gasteiger partial charge is 0.369 e. The predicted octanol–water partition coefficient (Wildman–Crippen LogP) is 4.87. The first-order valence-corrected chi connectivity index (χ1v) is 8.98. The normalized spacial score (nSPS) is 13.0. The number of para-hydroxylation sites is 1. The number of nitrogens with zero attached hydrogens (tertiary/aromatic N) is 2. The number of nitrogens with one attached hydrogen (secondary N) is 1. The number of halogens is 2. The summed E-state index contributed by atoms with van der Waals surface area (Å²) in [6.07, 6.45) is 1.01. The van der Waals surface area contributed by atoms with Crippen LogP contribution in [0, 0.1) is 3.57 Å². The molecule has 4 rings (SSSR count). The minimum atomic E-state index is 0.967. The van der Waals surface area contributed by atoms with Crippen LogP contribution in [0.4, 0.5) is 5.82 Å². The molecule has 2 aromatic carbocycles. The number of rotatable bonds is 2. The quantitative estimate of drug-likeness (QED) is 0.547. The van der Waals surface area contributed by atoms with Crippen molar-refractivity contribution in [2.24, 2.45) is 0 Å². The van der Waals surface area contributed by atoms with Gasteiger partial charge in [-0.1, -0.05) is 24.3 Å². The van der Waals surface area contributed by atoms with Crippen molar-refractivity contribution in [3.63, 3.8) is 0 Å². The van der Waals surface area contributed by atoms with Crippen molar-refractivity contribution in [2.45, 2.75) is 6.42 Å². The minimum Gasteiger partial charge on any atom is -0.369 e. The molecule has 0 unspecified atom stereocenters. The summed E-state index contributed by atoms with van der Waals surface area (Å²) in [6.45, 7) is 0.967. The van der Waals surface area contributed by atoms with E-state index >= 15 is 0 Å². The molecule has 1 aromatic heterocycles. The maximum absolute atomic E-state index is 4.88. The molecule has 1 aliphatic heterocycles. The molecule has 5 heteroatoms. The van der Waals surface area contributed by atoms with Crippen LogP contribution in [0.3, 0.4) is 0 Å². The van der Waals surface area contributed by atoms with E-state index in [1.54, 1.807) is 0 Å². The molecule has 0 amide bonds. The van der Waals surface area contributed by atoms with Gasteiger partial charge in [-0.05, 0) is 69.2 Å². The molecule has 2 heterocycles. The summed E-state index contributed by atoms with van der Waals surface area (Å²) in [5, 5.41) is 8.36. The molecule has 0 bridgehead atoms. The van der Waals surface area contributed by atoms with Gasteiger partial charge in [0.2, 0.25) is 0 Å². The van der Waals surface area contributed by atoms with Gasteiger partial charge in [-0.3, -0.25) is 0 Å². The van der Waals surface area contributed by atoms with Crippen molar-refractivity contribution in [1.82, 2.24) is 9.78 Å². The van der Waals surface area contributed by atoms with Crippen molar-refractivity contribution in [2.75, 3.05) is 11.9 Å². The van der Waals surface area contributed by atoms with Gasteiger partial charge < -0.3 is 5.32 Å². The summed E-state index contributed by atoms with van der Waals surface area (Å²) in [5.41, 5.74) is 4.61. The fraction of sp³-hybridized carbons (Fsp3) is 0.118. The second-order valence-electron chi connectivity index (χ2n) is 5.22. The fourth-order valence-electron chi connectivity index (χ4n) is 2.81. The molecule has 3 aromatic rings.